The Hall–Kier alpha value is -2.08. The van der Waals surface area contributed by atoms with Crippen molar-refractivity contribution < 1.29 is 4.79 Å². The summed E-state index contributed by atoms with van der Waals surface area (Å²) in [5, 5.41) is 11.8. The Balaban J connectivity index is 2.91. The van der Waals surface area contributed by atoms with E-state index >= 15 is 0 Å². The zero-order valence-corrected chi connectivity index (χ0v) is 8.74. The van der Waals surface area contributed by atoms with E-state index in [0.29, 0.717) is 5.56 Å². The van der Waals surface area contributed by atoms with Gasteiger partial charge in [0.2, 0.25) is 0 Å². The Kier molecular flexibility index (Phi) is 3.64. The SMILES string of the molecule is CC(=O)/C=C(\C)Nc1ccccc1C#N. The Morgan fingerprint density at radius 1 is 1.40 bits per heavy atom. The first-order chi connectivity index (χ1) is 7.13. The molecule has 0 aliphatic heterocycles. The predicted molar refractivity (Wildman–Crippen MR) is 59.2 cm³/mol. The molecule has 0 aliphatic carbocycles. The van der Waals surface area contributed by atoms with Gasteiger partial charge >= 0.3 is 0 Å². The van der Waals surface area contributed by atoms with Crippen LogP contribution in [0.1, 0.15) is 19.4 Å². The van der Waals surface area contributed by atoms with Gasteiger partial charge in [-0.3, -0.25) is 4.79 Å². The summed E-state index contributed by atoms with van der Waals surface area (Å²) in [6, 6.07) is 9.24. The Morgan fingerprint density at radius 3 is 2.67 bits per heavy atom. The van der Waals surface area contributed by atoms with Crippen LogP contribution in [-0.2, 0) is 4.79 Å². The molecule has 15 heavy (non-hydrogen) atoms. The van der Waals surface area contributed by atoms with Crippen molar-refractivity contribution in [2.75, 3.05) is 5.32 Å². The summed E-state index contributed by atoms with van der Waals surface area (Å²) in [5.41, 5.74) is 2.01. The van der Waals surface area contributed by atoms with E-state index in [1.54, 1.807) is 25.1 Å². The second kappa shape index (κ2) is 4.97. The summed E-state index contributed by atoms with van der Waals surface area (Å²) in [4.78, 5) is 10.8. The van der Waals surface area contributed by atoms with Crippen molar-refractivity contribution in [3.05, 3.63) is 41.6 Å². The minimum absolute atomic E-state index is 0.0190. The van der Waals surface area contributed by atoms with Crippen molar-refractivity contribution in [1.82, 2.24) is 0 Å². The monoisotopic (exact) mass is 200 g/mol. The molecule has 0 aromatic heterocycles. The molecule has 0 saturated carbocycles. The number of nitrogens with zero attached hydrogens (tertiary/aromatic N) is 1. The van der Waals surface area contributed by atoms with Gasteiger partial charge < -0.3 is 5.32 Å². The number of anilines is 1. The van der Waals surface area contributed by atoms with Crippen molar-refractivity contribution in [2.24, 2.45) is 0 Å². The zero-order chi connectivity index (χ0) is 11.3. The van der Waals surface area contributed by atoms with Crippen LogP contribution >= 0.6 is 0 Å². The van der Waals surface area contributed by atoms with E-state index in [2.05, 4.69) is 11.4 Å². The number of allylic oxidation sites excluding steroid dienone is 2. The van der Waals surface area contributed by atoms with Crippen LogP contribution in [-0.4, -0.2) is 5.78 Å². The Labute approximate surface area is 89.0 Å². The van der Waals surface area contributed by atoms with Crippen LogP contribution in [0.25, 0.3) is 0 Å². The number of carbonyl (C=O) groups excluding carboxylic acids is 1. The Bertz CT molecular complexity index is 441. The van der Waals surface area contributed by atoms with Crippen LogP contribution in [0, 0.1) is 11.3 Å². The molecular formula is C12H12N2O. The molecule has 1 rings (SSSR count). The summed E-state index contributed by atoms with van der Waals surface area (Å²) < 4.78 is 0. The number of hydrogen-bond acceptors (Lipinski definition) is 3. The van der Waals surface area contributed by atoms with Gasteiger partial charge in [0.25, 0.3) is 0 Å². The van der Waals surface area contributed by atoms with Crippen LogP contribution in [0.4, 0.5) is 5.69 Å². The first-order valence-corrected chi connectivity index (χ1v) is 4.58. The fraction of sp³-hybridized carbons (Fsp3) is 0.167. The van der Waals surface area contributed by atoms with E-state index in [9.17, 15) is 4.79 Å². The maximum atomic E-state index is 10.8. The largest absolute Gasteiger partial charge is 0.358 e. The van der Waals surface area contributed by atoms with Crippen molar-refractivity contribution >= 4 is 11.5 Å². The lowest BCUT2D eigenvalue weighted by Gasteiger charge is -2.07. The highest BCUT2D eigenvalue weighted by Crippen LogP contribution is 2.15. The van der Waals surface area contributed by atoms with Crippen molar-refractivity contribution in [2.45, 2.75) is 13.8 Å². The van der Waals surface area contributed by atoms with Crippen molar-refractivity contribution in [3.63, 3.8) is 0 Å². The first kappa shape index (κ1) is 11.0. The number of nitrogens with one attached hydrogen (secondary N) is 1. The molecule has 0 heterocycles. The second-order valence-corrected chi connectivity index (χ2v) is 3.22. The van der Waals surface area contributed by atoms with Gasteiger partial charge in [-0.2, -0.15) is 5.26 Å². The number of para-hydroxylation sites is 1. The van der Waals surface area contributed by atoms with Crippen LogP contribution in [0.2, 0.25) is 0 Å². The molecule has 0 atom stereocenters. The minimum atomic E-state index is -0.0190. The number of carbonyl (C=O) groups is 1. The standard InChI is InChI=1S/C12H12N2O/c1-9(7-10(2)15)14-12-6-4-3-5-11(12)8-13/h3-7,14H,1-2H3/b9-7+. The highest BCUT2D eigenvalue weighted by Gasteiger charge is 2.00. The van der Waals surface area contributed by atoms with E-state index in [1.807, 2.05) is 6.07 Å². The third kappa shape index (κ3) is 3.28. The molecule has 0 spiro atoms. The molecule has 76 valence electrons. The second-order valence-electron chi connectivity index (χ2n) is 3.22. The van der Waals surface area contributed by atoms with Crippen LogP contribution in [0.5, 0.6) is 0 Å². The quantitative estimate of drug-likeness (QED) is 0.762. The fourth-order valence-electron chi connectivity index (χ4n) is 1.24. The van der Waals surface area contributed by atoms with Gasteiger partial charge in [0.05, 0.1) is 11.3 Å². The van der Waals surface area contributed by atoms with Crippen molar-refractivity contribution in [3.8, 4) is 6.07 Å². The third-order valence-corrected chi connectivity index (χ3v) is 1.80. The van der Waals surface area contributed by atoms with Crippen LogP contribution in [0.15, 0.2) is 36.0 Å². The van der Waals surface area contributed by atoms with Gasteiger partial charge in [-0.25, -0.2) is 0 Å². The van der Waals surface area contributed by atoms with E-state index < -0.39 is 0 Å². The molecule has 1 aromatic carbocycles. The highest BCUT2D eigenvalue weighted by molar-refractivity contribution is 5.88. The molecule has 3 heteroatoms. The molecule has 0 radical (unpaired) electrons. The van der Waals surface area contributed by atoms with Crippen molar-refractivity contribution in [1.29, 1.82) is 5.26 Å². The molecule has 1 N–H and O–H groups in total. The molecule has 0 unspecified atom stereocenters. The minimum Gasteiger partial charge on any atom is -0.358 e. The average Bonchev–Trinajstić information content (AvgIpc) is 2.17. The van der Waals surface area contributed by atoms with E-state index in [1.165, 1.54) is 13.0 Å². The fourth-order valence-corrected chi connectivity index (χ4v) is 1.24. The number of benzene rings is 1. The molecule has 0 amide bonds. The third-order valence-electron chi connectivity index (χ3n) is 1.80. The maximum Gasteiger partial charge on any atom is 0.154 e. The lowest BCUT2D eigenvalue weighted by molar-refractivity contribution is -0.112. The van der Waals surface area contributed by atoms with Gasteiger partial charge in [-0.1, -0.05) is 12.1 Å². The molecule has 1 aromatic rings. The molecule has 0 saturated heterocycles. The Morgan fingerprint density at radius 2 is 2.07 bits per heavy atom. The average molecular weight is 200 g/mol. The smallest absolute Gasteiger partial charge is 0.154 e. The lowest BCUT2D eigenvalue weighted by atomic mass is 10.2. The first-order valence-electron chi connectivity index (χ1n) is 4.58. The number of ketones is 1. The molecule has 0 aliphatic rings. The molecule has 3 nitrogen and oxygen atoms in total. The highest BCUT2D eigenvalue weighted by atomic mass is 16.1. The van der Waals surface area contributed by atoms with Gasteiger partial charge in [0.15, 0.2) is 5.78 Å². The molecule has 0 bridgehead atoms. The summed E-state index contributed by atoms with van der Waals surface area (Å²) >= 11 is 0. The van der Waals surface area contributed by atoms with Gasteiger partial charge in [0.1, 0.15) is 6.07 Å². The van der Waals surface area contributed by atoms with Gasteiger partial charge in [-0.05, 0) is 32.1 Å². The summed E-state index contributed by atoms with van der Waals surface area (Å²) in [7, 11) is 0. The van der Waals surface area contributed by atoms with Gasteiger partial charge in [0, 0.05) is 5.70 Å². The number of rotatable bonds is 3. The summed E-state index contributed by atoms with van der Waals surface area (Å²) in [6.45, 7) is 3.27. The van der Waals surface area contributed by atoms with Crippen LogP contribution in [0.3, 0.4) is 0 Å². The van der Waals surface area contributed by atoms with Crippen LogP contribution < -0.4 is 5.32 Å². The number of hydrogen-bond donors (Lipinski definition) is 1. The number of nitriles is 1. The van der Waals surface area contributed by atoms with Gasteiger partial charge in [-0.15, -0.1) is 0 Å². The zero-order valence-electron chi connectivity index (χ0n) is 8.74. The van der Waals surface area contributed by atoms with E-state index in [-0.39, 0.29) is 5.78 Å². The predicted octanol–water partition coefficient (Wildman–Crippen LogP) is 2.46. The molecule has 0 fully saturated rings. The normalized spacial score (nSPS) is 10.6. The topological polar surface area (TPSA) is 52.9 Å². The van der Waals surface area contributed by atoms with E-state index in [4.69, 9.17) is 5.26 Å². The molecular weight excluding hydrogens is 188 g/mol. The van der Waals surface area contributed by atoms with E-state index in [0.717, 1.165) is 11.4 Å². The maximum absolute atomic E-state index is 10.8. The summed E-state index contributed by atoms with van der Waals surface area (Å²) in [5.74, 6) is -0.0190. The summed E-state index contributed by atoms with van der Waals surface area (Å²) in [6.07, 6.45) is 1.49. The lowest BCUT2D eigenvalue weighted by Crippen LogP contribution is -1.99.